The molecule has 0 saturated heterocycles. The van der Waals surface area contributed by atoms with Crippen molar-refractivity contribution in [2.24, 2.45) is 0 Å². The van der Waals surface area contributed by atoms with E-state index in [4.69, 9.17) is 4.74 Å². The number of thiazole rings is 1. The lowest BCUT2D eigenvalue weighted by molar-refractivity contribution is -0.119. The van der Waals surface area contributed by atoms with Crippen LogP contribution in [0.15, 0.2) is 28.9 Å². The van der Waals surface area contributed by atoms with Crippen LogP contribution in [-0.2, 0) is 16.1 Å². The number of aromatic nitrogens is 1. The molecule has 1 aromatic carbocycles. The molecule has 0 unspecified atom stereocenters. The normalized spacial score (nSPS) is 11.4. The number of nitrogens with one attached hydrogen (secondary N) is 2. The summed E-state index contributed by atoms with van der Waals surface area (Å²) in [5, 5.41) is 15.7. The van der Waals surface area contributed by atoms with Crippen LogP contribution in [0.25, 0.3) is 6.08 Å². The molecule has 0 aliphatic rings. The van der Waals surface area contributed by atoms with E-state index < -0.39 is 17.5 Å². The van der Waals surface area contributed by atoms with E-state index in [0.717, 1.165) is 11.3 Å². The van der Waals surface area contributed by atoms with Gasteiger partial charge in [0.15, 0.2) is 10.9 Å². The molecule has 1 heterocycles. The van der Waals surface area contributed by atoms with Crippen molar-refractivity contribution >= 4 is 56.3 Å². The van der Waals surface area contributed by atoms with Crippen LogP contribution < -0.4 is 10.6 Å². The average molecular weight is 496 g/mol. The summed E-state index contributed by atoms with van der Waals surface area (Å²) in [6, 6.07) is 3.15. The van der Waals surface area contributed by atoms with Crippen molar-refractivity contribution in [3.8, 4) is 5.75 Å². The quantitative estimate of drug-likeness (QED) is 0.401. The van der Waals surface area contributed by atoms with Crippen molar-refractivity contribution in [3.63, 3.8) is 0 Å². The minimum Gasteiger partial charge on any atom is -0.506 e. The summed E-state index contributed by atoms with van der Waals surface area (Å²) < 4.78 is 5.51. The predicted molar refractivity (Wildman–Crippen MR) is 119 cm³/mol. The van der Waals surface area contributed by atoms with Gasteiger partial charge in [0.2, 0.25) is 5.91 Å². The Kier molecular flexibility index (Phi) is 7.74. The Hall–Kier alpha value is -2.72. The number of carbonyl (C=O) groups excluding carboxylic acids is 3. The molecule has 0 fully saturated rings. The molecule has 0 atom stereocenters. The van der Waals surface area contributed by atoms with Gasteiger partial charge >= 0.3 is 6.09 Å². The van der Waals surface area contributed by atoms with Crippen molar-refractivity contribution < 1.29 is 24.2 Å². The molecule has 160 valence electrons. The molecule has 10 heteroatoms. The molecule has 2 rings (SSSR count). The van der Waals surface area contributed by atoms with Crippen LogP contribution in [-0.4, -0.2) is 33.5 Å². The Balaban J connectivity index is 2.10. The number of rotatable bonds is 6. The zero-order valence-corrected chi connectivity index (χ0v) is 19.3. The molecular weight excluding hydrogens is 474 g/mol. The van der Waals surface area contributed by atoms with Gasteiger partial charge in [-0.2, -0.15) is 0 Å². The first-order chi connectivity index (χ1) is 13.9. The number of carbonyl (C=O) groups is 3. The standard InChI is InChI=1S/C20H22BrN3O5S/c1-11(25)22-9-12-7-14(17(27)15(21)8-12)16(26)6-5-13-10-23-18(30-13)24-19(28)29-20(2,3)4/h5-8,10,27H,9H2,1-4H3,(H,22,25)(H,23,24,28)/b6-5+. The first-order valence-electron chi connectivity index (χ1n) is 8.88. The number of ether oxygens (including phenoxy) is 1. The van der Waals surface area contributed by atoms with Crippen LogP contribution in [0.5, 0.6) is 5.75 Å². The maximum Gasteiger partial charge on any atom is 0.413 e. The number of benzene rings is 1. The fraction of sp³-hybridized carbons (Fsp3) is 0.300. The third kappa shape index (κ3) is 7.27. The molecule has 1 aromatic heterocycles. The van der Waals surface area contributed by atoms with Crippen molar-refractivity contribution in [3.05, 3.63) is 44.9 Å². The first-order valence-corrected chi connectivity index (χ1v) is 10.5. The number of anilines is 1. The molecule has 8 nitrogen and oxygen atoms in total. The summed E-state index contributed by atoms with van der Waals surface area (Å²) in [6.45, 7) is 6.89. The van der Waals surface area contributed by atoms with E-state index in [-0.39, 0.29) is 23.8 Å². The van der Waals surface area contributed by atoms with Gasteiger partial charge < -0.3 is 15.2 Å². The van der Waals surface area contributed by atoms with Crippen LogP contribution in [0.3, 0.4) is 0 Å². The van der Waals surface area contributed by atoms with Crippen molar-refractivity contribution in [1.82, 2.24) is 10.3 Å². The van der Waals surface area contributed by atoms with Crippen molar-refractivity contribution in [2.45, 2.75) is 39.8 Å². The fourth-order valence-corrected chi connectivity index (χ4v) is 3.44. The number of ketones is 1. The lowest BCUT2D eigenvalue weighted by atomic mass is 10.1. The molecule has 0 aliphatic heterocycles. The number of allylic oxidation sites excluding steroid dienone is 1. The maximum atomic E-state index is 12.6. The second-order valence-corrected chi connectivity index (χ2v) is 9.19. The molecule has 3 N–H and O–H groups in total. The molecule has 0 bridgehead atoms. The second-order valence-electron chi connectivity index (χ2n) is 7.28. The average Bonchev–Trinajstić information content (AvgIpc) is 3.06. The van der Waals surface area contributed by atoms with Crippen LogP contribution >= 0.6 is 27.3 Å². The van der Waals surface area contributed by atoms with E-state index in [9.17, 15) is 19.5 Å². The van der Waals surface area contributed by atoms with Gasteiger partial charge in [0, 0.05) is 24.5 Å². The Bertz CT molecular complexity index is 995. The summed E-state index contributed by atoms with van der Waals surface area (Å²) in [6.07, 6.45) is 3.72. The highest BCUT2D eigenvalue weighted by Gasteiger charge is 2.17. The van der Waals surface area contributed by atoms with Gasteiger partial charge in [0.25, 0.3) is 0 Å². The van der Waals surface area contributed by atoms with Crippen LogP contribution in [0, 0.1) is 0 Å². The van der Waals surface area contributed by atoms with Gasteiger partial charge in [-0.25, -0.2) is 9.78 Å². The number of phenols is 1. The number of aromatic hydroxyl groups is 1. The van der Waals surface area contributed by atoms with E-state index in [2.05, 4.69) is 31.5 Å². The highest BCUT2D eigenvalue weighted by atomic mass is 79.9. The largest absolute Gasteiger partial charge is 0.506 e. The first kappa shape index (κ1) is 23.6. The summed E-state index contributed by atoms with van der Waals surface area (Å²) >= 11 is 4.38. The number of amides is 2. The minimum absolute atomic E-state index is 0.0950. The Morgan fingerprint density at radius 1 is 1.30 bits per heavy atom. The number of hydrogen-bond donors (Lipinski definition) is 3. The molecule has 0 radical (unpaired) electrons. The molecule has 0 spiro atoms. The number of hydrogen-bond acceptors (Lipinski definition) is 7. The predicted octanol–water partition coefficient (Wildman–Crippen LogP) is 4.49. The molecule has 0 aliphatic carbocycles. The van der Waals surface area contributed by atoms with Crippen LogP contribution in [0.2, 0.25) is 0 Å². The van der Waals surface area contributed by atoms with Gasteiger partial charge in [0.05, 0.1) is 10.0 Å². The highest BCUT2D eigenvalue weighted by Crippen LogP contribution is 2.30. The van der Waals surface area contributed by atoms with E-state index in [1.807, 2.05) is 0 Å². The lowest BCUT2D eigenvalue weighted by Crippen LogP contribution is -2.27. The molecule has 2 amide bonds. The van der Waals surface area contributed by atoms with E-state index >= 15 is 0 Å². The number of halogens is 1. The van der Waals surface area contributed by atoms with Gasteiger partial charge in [-0.3, -0.25) is 14.9 Å². The molecule has 30 heavy (non-hydrogen) atoms. The Labute approximate surface area is 186 Å². The smallest absolute Gasteiger partial charge is 0.413 e. The van der Waals surface area contributed by atoms with Gasteiger partial charge in [0.1, 0.15) is 11.4 Å². The minimum atomic E-state index is -0.624. The zero-order chi connectivity index (χ0) is 22.5. The van der Waals surface area contributed by atoms with Crippen LogP contribution in [0.1, 0.15) is 48.5 Å². The Morgan fingerprint density at radius 3 is 2.63 bits per heavy atom. The van der Waals surface area contributed by atoms with Crippen LogP contribution in [0.4, 0.5) is 9.93 Å². The third-order valence-electron chi connectivity index (χ3n) is 3.46. The number of nitrogens with zero attached hydrogens (tertiary/aromatic N) is 1. The third-order valence-corrected chi connectivity index (χ3v) is 4.94. The summed E-state index contributed by atoms with van der Waals surface area (Å²) in [5.74, 6) is -0.811. The highest BCUT2D eigenvalue weighted by molar-refractivity contribution is 9.10. The molecule has 0 saturated carbocycles. The Morgan fingerprint density at radius 2 is 2.00 bits per heavy atom. The van der Waals surface area contributed by atoms with Gasteiger partial charge in [-0.05, 0) is 66.5 Å². The SMILES string of the molecule is CC(=O)NCc1cc(Br)c(O)c(C(=O)/C=C/c2cnc(NC(=O)OC(C)(C)C)s2)c1. The van der Waals surface area contributed by atoms with Crippen molar-refractivity contribution in [2.75, 3.05) is 5.32 Å². The lowest BCUT2D eigenvalue weighted by Gasteiger charge is -2.18. The zero-order valence-electron chi connectivity index (χ0n) is 16.9. The van der Waals surface area contributed by atoms with Crippen molar-refractivity contribution in [1.29, 1.82) is 0 Å². The number of phenolic OH excluding ortho intramolecular Hbond substituents is 1. The monoisotopic (exact) mass is 495 g/mol. The van der Waals surface area contributed by atoms with Gasteiger partial charge in [-0.1, -0.05) is 11.3 Å². The second kappa shape index (κ2) is 9.86. The maximum absolute atomic E-state index is 12.6. The fourth-order valence-electron chi connectivity index (χ4n) is 2.23. The summed E-state index contributed by atoms with van der Waals surface area (Å²) in [4.78, 5) is 40.1. The molecule has 2 aromatic rings. The van der Waals surface area contributed by atoms with Gasteiger partial charge in [-0.15, -0.1) is 0 Å². The van der Waals surface area contributed by atoms with E-state index in [1.54, 1.807) is 26.8 Å². The topological polar surface area (TPSA) is 118 Å². The van der Waals surface area contributed by atoms with E-state index in [1.165, 1.54) is 31.3 Å². The molecular formula is C20H22BrN3O5S. The summed E-state index contributed by atoms with van der Waals surface area (Å²) in [7, 11) is 0. The van der Waals surface area contributed by atoms with E-state index in [0.29, 0.717) is 20.0 Å². The summed E-state index contributed by atoms with van der Waals surface area (Å²) in [5.41, 5.74) is 0.132.